The SMILES string of the molecule is CC(CCCCCCCCC(=O)CCCCCCCCCC(O)COC1OC(CO)C(O)C(O)C1O)C(=O)C1=C(O)C(Cc2ccc(O)cc2)=NC1=O. The zero-order valence-corrected chi connectivity index (χ0v) is 31.1. The number of allylic oxidation sites excluding steroid dienone is 1. The minimum Gasteiger partial charge on any atom is -0.508 e. The van der Waals surface area contributed by atoms with Crippen LogP contribution in [0.5, 0.6) is 5.75 Å². The van der Waals surface area contributed by atoms with Crippen LogP contribution in [0.25, 0.3) is 0 Å². The lowest BCUT2D eigenvalue weighted by Gasteiger charge is -2.39. The smallest absolute Gasteiger partial charge is 0.284 e. The number of nitrogens with zero attached hydrogens (tertiary/aromatic N) is 1. The summed E-state index contributed by atoms with van der Waals surface area (Å²) in [7, 11) is 0. The van der Waals surface area contributed by atoms with Crippen LogP contribution in [-0.4, -0.2) is 109 Å². The fourth-order valence-corrected chi connectivity index (χ4v) is 6.69. The number of hydrogen-bond donors (Lipinski definition) is 7. The molecule has 53 heavy (non-hydrogen) atoms. The number of aromatic hydroxyl groups is 1. The second kappa shape index (κ2) is 23.7. The highest BCUT2D eigenvalue weighted by atomic mass is 16.7. The molecule has 7 N–H and O–H groups in total. The highest BCUT2D eigenvalue weighted by molar-refractivity contribution is 6.31. The van der Waals surface area contributed by atoms with E-state index < -0.39 is 55.2 Å². The van der Waals surface area contributed by atoms with Crippen molar-refractivity contribution in [3.8, 4) is 5.75 Å². The van der Waals surface area contributed by atoms with Crippen molar-refractivity contribution >= 4 is 23.2 Å². The van der Waals surface area contributed by atoms with Gasteiger partial charge in [0.15, 0.2) is 17.8 Å². The Balaban J connectivity index is 1.12. The van der Waals surface area contributed by atoms with Crippen molar-refractivity contribution in [2.45, 2.75) is 159 Å². The molecule has 0 bridgehead atoms. The summed E-state index contributed by atoms with van der Waals surface area (Å²) in [4.78, 5) is 41.5. The van der Waals surface area contributed by atoms with Crippen molar-refractivity contribution in [3.05, 3.63) is 41.2 Å². The second-order valence-electron chi connectivity index (χ2n) is 14.6. The molecule has 0 saturated carbocycles. The van der Waals surface area contributed by atoms with Crippen molar-refractivity contribution in [3.63, 3.8) is 0 Å². The summed E-state index contributed by atoms with van der Waals surface area (Å²) in [6.07, 6.45) is 7.58. The second-order valence-corrected chi connectivity index (χ2v) is 14.6. The van der Waals surface area contributed by atoms with Gasteiger partial charge in [-0.15, -0.1) is 0 Å². The lowest BCUT2D eigenvalue weighted by molar-refractivity contribution is -0.304. The van der Waals surface area contributed by atoms with Gasteiger partial charge in [-0.2, -0.15) is 0 Å². The third-order valence-electron chi connectivity index (χ3n) is 10.1. The van der Waals surface area contributed by atoms with Crippen molar-refractivity contribution in [2.75, 3.05) is 13.2 Å². The summed E-state index contributed by atoms with van der Waals surface area (Å²) in [6.45, 7) is 1.14. The predicted molar refractivity (Wildman–Crippen MR) is 197 cm³/mol. The van der Waals surface area contributed by atoms with E-state index >= 15 is 0 Å². The molecular weight excluding hydrogens is 686 g/mol. The molecule has 1 saturated heterocycles. The van der Waals surface area contributed by atoms with Crippen LogP contribution in [0.4, 0.5) is 0 Å². The number of aliphatic hydroxyl groups is 6. The highest BCUT2D eigenvalue weighted by Gasteiger charge is 2.44. The standard InChI is InChI=1S/C40H61NO12/c1-26(34(46)33-35(47)31(41-39(33)51)23-27-19-21-29(44)22-20-27)15-11-7-5-6-9-13-17-28(43)16-12-8-3-2-4-10-14-18-30(45)25-52-40-38(50)37(49)36(48)32(24-42)53-40/h19-22,26,30,32,36-38,40,42,44-45,47-50H,2-18,23-25H2,1H3. The first-order valence-electron chi connectivity index (χ1n) is 19.4. The van der Waals surface area contributed by atoms with Crippen LogP contribution in [0.2, 0.25) is 0 Å². The molecule has 3 rings (SSSR count). The van der Waals surface area contributed by atoms with Crippen LogP contribution in [0.3, 0.4) is 0 Å². The molecular formula is C40H61NO12. The number of aliphatic hydroxyl groups excluding tert-OH is 6. The Kier molecular flexibility index (Phi) is 19.8. The number of benzene rings is 1. The molecule has 2 aliphatic rings. The molecule has 0 aliphatic carbocycles. The topological polar surface area (TPSA) is 224 Å². The molecule has 1 aromatic rings. The van der Waals surface area contributed by atoms with E-state index in [1.807, 2.05) is 0 Å². The Morgan fingerprint density at radius 3 is 1.92 bits per heavy atom. The first-order chi connectivity index (χ1) is 25.4. The highest BCUT2D eigenvalue weighted by Crippen LogP contribution is 2.25. The van der Waals surface area contributed by atoms with Gasteiger partial charge >= 0.3 is 0 Å². The van der Waals surface area contributed by atoms with Gasteiger partial charge in [0.1, 0.15) is 41.5 Å². The number of Topliss-reactive ketones (excluding diaryl/α,β-unsaturated/α-hetero) is 2. The van der Waals surface area contributed by atoms with E-state index in [-0.39, 0.29) is 41.6 Å². The number of carbonyl (C=O) groups is 3. The summed E-state index contributed by atoms with van der Waals surface area (Å²) >= 11 is 0. The maximum absolute atomic E-state index is 12.9. The summed E-state index contributed by atoms with van der Waals surface area (Å²) in [5.41, 5.74) is 0.687. The number of aliphatic imine (C=N–C) groups is 1. The lowest BCUT2D eigenvalue weighted by Crippen LogP contribution is -2.59. The number of hydrogen-bond acceptors (Lipinski definition) is 12. The Bertz CT molecular complexity index is 1340. The first kappa shape index (κ1) is 44.4. The van der Waals surface area contributed by atoms with Crippen LogP contribution >= 0.6 is 0 Å². The Morgan fingerprint density at radius 2 is 1.34 bits per heavy atom. The fourth-order valence-electron chi connectivity index (χ4n) is 6.69. The van der Waals surface area contributed by atoms with Crippen LogP contribution < -0.4 is 0 Å². The van der Waals surface area contributed by atoms with Crippen LogP contribution in [0.1, 0.15) is 122 Å². The van der Waals surface area contributed by atoms with E-state index in [1.54, 1.807) is 19.1 Å². The Hall–Kier alpha value is -3.04. The molecule has 298 valence electrons. The van der Waals surface area contributed by atoms with Crippen molar-refractivity contribution < 1.29 is 59.6 Å². The van der Waals surface area contributed by atoms with Gasteiger partial charge in [-0.1, -0.05) is 89.7 Å². The zero-order valence-electron chi connectivity index (χ0n) is 31.1. The normalized spacial score (nSPS) is 22.9. The zero-order chi connectivity index (χ0) is 38.8. The van der Waals surface area contributed by atoms with Crippen molar-refractivity contribution in [1.29, 1.82) is 0 Å². The molecule has 0 spiro atoms. The van der Waals surface area contributed by atoms with E-state index in [2.05, 4.69) is 4.99 Å². The largest absolute Gasteiger partial charge is 0.508 e. The molecule has 1 amide bonds. The minimum absolute atomic E-state index is 0.0973. The molecule has 7 unspecified atom stereocenters. The number of carbonyl (C=O) groups excluding carboxylic acids is 3. The van der Waals surface area contributed by atoms with Gasteiger partial charge in [0.2, 0.25) is 0 Å². The molecule has 13 heteroatoms. The third-order valence-corrected chi connectivity index (χ3v) is 10.1. The van der Waals surface area contributed by atoms with Gasteiger partial charge in [-0.05, 0) is 43.4 Å². The van der Waals surface area contributed by atoms with Gasteiger partial charge in [-0.3, -0.25) is 14.4 Å². The molecule has 1 fully saturated rings. The minimum atomic E-state index is -1.51. The number of phenols is 1. The number of ketones is 2. The van der Waals surface area contributed by atoms with Crippen LogP contribution in [0, 0.1) is 5.92 Å². The molecule has 1 aromatic carbocycles. The van der Waals surface area contributed by atoms with E-state index in [4.69, 9.17) is 9.47 Å². The van der Waals surface area contributed by atoms with Crippen LogP contribution in [-0.2, 0) is 30.3 Å². The number of phenolic OH excluding ortho intramolecular Hbond substituents is 1. The average Bonchev–Trinajstić information content (AvgIpc) is 3.42. The van der Waals surface area contributed by atoms with E-state index in [0.29, 0.717) is 31.5 Å². The van der Waals surface area contributed by atoms with E-state index in [0.717, 1.165) is 89.0 Å². The molecule has 2 aliphatic heterocycles. The summed E-state index contributed by atoms with van der Waals surface area (Å²) in [6, 6.07) is 6.36. The lowest BCUT2D eigenvalue weighted by atomic mass is 9.92. The molecule has 2 heterocycles. The Morgan fingerprint density at radius 1 is 0.792 bits per heavy atom. The average molecular weight is 748 g/mol. The van der Waals surface area contributed by atoms with Gasteiger partial charge < -0.3 is 45.2 Å². The maximum atomic E-state index is 12.9. The van der Waals surface area contributed by atoms with Crippen molar-refractivity contribution in [2.24, 2.45) is 10.9 Å². The van der Waals surface area contributed by atoms with Gasteiger partial charge in [0, 0.05) is 25.2 Å². The van der Waals surface area contributed by atoms with Gasteiger partial charge in [0.05, 0.1) is 25.0 Å². The Labute approximate surface area is 312 Å². The summed E-state index contributed by atoms with van der Waals surface area (Å²) < 4.78 is 10.7. The summed E-state index contributed by atoms with van der Waals surface area (Å²) in [5, 5.41) is 69.1. The molecule has 0 radical (unpaired) electrons. The van der Waals surface area contributed by atoms with E-state index in [1.165, 1.54) is 12.1 Å². The predicted octanol–water partition coefficient (Wildman–Crippen LogP) is 4.31. The van der Waals surface area contributed by atoms with Crippen LogP contribution in [0.15, 0.2) is 40.6 Å². The first-order valence-corrected chi connectivity index (χ1v) is 19.4. The number of amides is 1. The number of ether oxygens (including phenoxy) is 2. The number of rotatable bonds is 27. The van der Waals surface area contributed by atoms with Gasteiger partial charge in [-0.25, -0.2) is 4.99 Å². The molecule has 7 atom stereocenters. The molecule has 13 nitrogen and oxygen atoms in total. The van der Waals surface area contributed by atoms with Gasteiger partial charge in [0.25, 0.3) is 5.91 Å². The quantitative estimate of drug-likeness (QED) is 0.0494. The third kappa shape index (κ3) is 15.0. The van der Waals surface area contributed by atoms with Crippen molar-refractivity contribution in [1.82, 2.24) is 0 Å². The maximum Gasteiger partial charge on any atom is 0.284 e. The molecule has 0 aromatic heterocycles. The summed E-state index contributed by atoms with van der Waals surface area (Å²) in [5.74, 6) is -1.41. The fraction of sp³-hybridized carbons (Fsp3) is 0.700. The number of unbranched alkanes of at least 4 members (excludes halogenated alkanes) is 11. The monoisotopic (exact) mass is 747 g/mol. The van der Waals surface area contributed by atoms with E-state index in [9.17, 15) is 50.1 Å².